The van der Waals surface area contributed by atoms with Gasteiger partial charge in [-0.1, -0.05) is 30.0 Å². The van der Waals surface area contributed by atoms with E-state index in [2.05, 4.69) is 10.2 Å². The molecule has 2 aromatic heterocycles. The van der Waals surface area contributed by atoms with Gasteiger partial charge in [0, 0.05) is 0 Å². The van der Waals surface area contributed by atoms with Crippen molar-refractivity contribution in [1.29, 1.82) is 0 Å². The SMILES string of the molecule is CCSc1nnc(-c2ccc([N+](=O)[O-])o2)s1. The van der Waals surface area contributed by atoms with Crippen LogP contribution in [0.1, 0.15) is 6.92 Å². The molecule has 8 heteroatoms. The lowest BCUT2D eigenvalue weighted by Crippen LogP contribution is -1.82. The number of nitro groups is 1. The van der Waals surface area contributed by atoms with E-state index in [0.29, 0.717) is 10.8 Å². The summed E-state index contributed by atoms with van der Waals surface area (Å²) in [4.78, 5) is 9.85. The molecule has 0 fully saturated rings. The minimum absolute atomic E-state index is 0.283. The Hall–Kier alpha value is -1.41. The number of aromatic nitrogens is 2. The number of hydrogen-bond acceptors (Lipinski definition) is 7. The van der Waals surface area contributed by atoms with E-state index >= 15 is 0 Å². The van der Waals surface area contributed by atoms with Gasteiger partial charge < -0.3 is 4.42 Å². The first-order valence-corrected chi connectivity index (χ1v) is 6.22. The van der Waals surface area contributed by atoms with Crippen molar-refractivity contribution >= 4 is 29.0 Å². The van der Waals surface area contributed by atoms with Gasteiger partial charge in [-0.15, -0.1) is 10.2 Å². The summed E-state index contributed by atoms with van der Waals surface area (Å²) in [5.41, 5.74) is 0. The molecule has 6 nitrogen and oxygen atoms in total. The molecule has 0 saturated heterocycles. The third-order valence-electron chi connectivity index (χ3n) is 1.66. The molecule has 0 N–H and O–H groups in total. The van der Waals surface area contributed by atoms with Gasteiger partial charge in [-0.25, -0.2) is 0 Å². The van der Waals surface area contributed by atoms with Gasteiger partial charge in [0.2, 0.25) is 0 Å². The average molecular weight is 257 g/mol. The van der Waals surface area contributed by atoms with E-state index in [4.69, 9.17) is 4.42 Å². The van der Waals surface area contributed by atoms with Crippen LogP contribution in [0, 0.1) is 10.1 Å². The molecule has 2 aromatic rings. The van der Waals surface area contributed by atoms with Gasteiger partial charge in [0.15, 0.2) is 15.1 Å². The first kappa shape index (κ1) is 11.1. The lowest BCUT2D eigenvalue weighted by molar-refractivity contribution is -0.401. The van der Waals surface area contributed by atoms with Gasteiger partial charge in [-0.3, -0.25) is 10.1 Å². The second kappa shape index (κ2) is 4.62. The molecule has 84 valence electrons. The Labute approximate surface area is 98.8 Å². The summed E-state index contributed by atoms with van der Waals surface area (Å²) < 4.78 is 5.85. The van der Waals surface area contributed by atoms with E-state index in [1.54, 1.807) is 11.8 Å². The Morgan fingerprint density at radius 1 is 1.56 bits per heavy atom. The van der Waals surface area contributed by atoms with E-state index in [0.717, 1.165) is 10.1 Å². The summed E-state index contributed by atoms with van der Waals surface area (Å²) in [5.74, 6) is 1.01. The zero-order valence-corrected chi connectivity index (χ0v) is 9.88. The van der Waals surface area contributed by atoms with Crippen molar-refractivity contribution in [2.75, 3.05) is 5.75 Å². The van der Waals surface area contributed by atoms with Crippen LogP contribution >= 0.6 is 23.1 Å². The molecule has 0 amide bonds. The lowest BCUT2D eigenvalue weighted by Gasteiger charge is -1.86. The Bertz CT molecular complexity index is 508. The molecule has 2 heterocycles. The summed E-state index contributed by atoms with van der Waals surface area (Å²) in [5, 5.41) is 18.8. The molecule has 0 aromatic carbocycles. The molecular weight excluding hydrogens is 250 g/mol. The van der Waals surface area contributed by atoms with Crippen LogP contribution in [0.3, 0.4) is 0 Å². The predicted molar refractivity (Wildman–Crippen MR) is 60.7 cm³/mol. The number of rotatable bonds is 4. The number of hydrogen-bond donors (Lipinski definition) is 0. The zero-order valence-electron chi connectivity index (χ0n) is 8.24. The average Bonchev–Trinajstić information content (AvgIpc) is 2.84. The van der Waals surface area contributed by atoms with Gasteiger partial charge in [0.05, 0.1) is 6.07 Å². The molecule has 0 aliphatic heterocycles. The van der Waals surface area contributed by atoms with E-state index in [1.165, 1.54) is 23.5 Å². The van der Waals surface area contributed by atoms with Crippen molar-refractivity contribution in [2.24, 2.45) is 0 Å². The Kier molecular flexibility index (Phi) is 3.20. The van der Waals surface area contributed by atoms with Crippen molar-refractivity contribution in [3.05, 3.63) is 22.2 Å². The standard InChI is InChI=1S/C8H7N3O3S2/c1-2-15-8-10-9-7(16-8)5-3-4-6(14-5)11(12)13/h3-4H,2H2,1H3. The molecule has 0 saturated carbocycles. The summed E-state index contributed by atoms with van der Waals surface area (Å²) in [6.45, 7) is 2.02. The molecule has 0 aliphatic carbocycles. The fraction of sp³-hybridized carbons (Fsp3) is 0.250. The maximum Gasteiger partial charge on any atom is 0.433 e. The molecule has 0 unspecified atom stereocenters. The molecule has 0 aliphatic rings. The normalized spacial score (nSPS) is 10.6. The van der Waals surface area contributed by atoms with Crippen molar-refractivity contribution in [1.82, 2.24) is 10.2 Å². The number of furan rings is 1. The second-order valence-corrected chi connectivity index (χ2v) is 5.19. The smallest absolute Gasteiger partial charge is 0.398 e. The van der Waals surface area contributed by atoms with E-state index in [-0.39, 0.29) is 5.88 Å². The van der Waals surface area contributed by atoms with Crippen LogP contribution < -0.4 is 0 Å². The molecule has 0 bridgehead atoms. The fourth-order valence-corrected chi connectivity index (χ4v) is 2.74. The summed E-state index contributed by atoms with van der Waals surface area (Å²) in [6, 6.07) is 2.84. The Balaban J connectivity index is 2.24. The quantitative estimate of drug-likeness (QED) is 0.476. The van der Waals surface area contributed by atoms with Crippen molar-refractivity contribution in [2.45, 2.75) is 11.3 Å². The summed E-state index contributed by atoms with van der Waals surface area (Å²) in [6.07, 6.45) is 0. The largest absolute Gasteiger partial charge is 0.433 e. The topological polar surface area (TPSA) is 82.1 Å². The lowest BCUT2D eigenvalue weighted by atomic mass is 10.5. The minimum Gasteiger partial charge on any atom is -0.398 e. The molecule has 16 heavy (non-hydrogen) atoms. The second-order valence-electron chi connectivity index (χ2n) is 2.70. The van der Waals surface area contributed by atoms with Crippen molar-refractivity contribution < 1.29 is 9.34 Å². The first-order valence-electron chi connectivity index (χ1n) is 4.41. The van der Waals surface area contributed by atoms with Gasteiger partial charge in [0.25, 0.3) is 0 Å². The molecule has 2 rings (SSSR count). The van der Waals surface area contributed by atoms with Crippen molar-refractivity contribution in [3.63, 3.8) is 0 Å². The fourth-order valence-electron chi connectivity index (χ4n) is 1.03. The van der Waals surface area contributed by atoms with E-state index in [1.807, 2.05) is 6.92 Å². The number of thioether (sulfide) groups is 1. The summed E-state index contributed by atoms with van der Waals surface area (Å²) in [7, 11) is 0. The van der Waals surface area contributed by atoms with E-state index < -0.39 is 4.92 Å². The van der Waals surface area contributed by atoms with Crippen LogP contribution in [0.5, 0.6) is 0 Å². The van der Waals surface area contributed by atoms with Gasteiger partial charge in [-0.05, 0) is 11.8 Å². The third kappa shape index (κ3) is 2.22. The van der Waals surface area contributed by atoms with Crippen molar-refractivity contribution in [3.8, 4) is 10.8 Å². The van der Waals surface area contributed by atoms with Crippen LogP contribution in [0.2, 0.25) is 0 Å². The highest BCUT2D eigenvalue weighted by Crippen LogP contribution is 2.31. The van der Waals surface area contributed by atoms with Crippen LogP contribution in [0.15, 0.2) is 20.9 Å². The molecule has 0 radical (unpaired) electrons. The number of nitrogens with zero attached hydrogens (tertiary/aromatic N) is 3. The minimum atomic E-state index is -0.577. The third-order valence-corrected chi connectivity index (χ3v) is 3.61. The Morgan fingerprint density at radius 2 is 2.38 bits per heavy atom. The monoisotopic (exact) mass is 257 g/mol. The summed E-state index contributed by atoms with van der Waals surface area (Å²) >= 11 is 2.93. The first-order chi connectivity index (χ1) is 7.70. The van der Waals surface area contributed by atoms with Gasteiger partial charge in [0.1, 0.15) is 4.92 Å². The highest BCUT2D eigenvalue weighted by atomic mass is 32.2. The van der Waals surface area contributed by atoms with Crippen LogP contribution in [-0.2, 0) is 0 Å². The van der Waals surface area contributed by atoms with Gasteiger partial charge in [-0.2, -0.15) is 0 Å². The Morgan fingerprint density at radius 3 is 3.00 bits per heavy atom. The highest BCUT2D eigenvalue weighted by molar-refractivity contribution is 8.01. The zero-order chi connectivity index (χ0) is 11.5. The maximum absolute atomic E-state index is 10.4. The highest BCUT2D eigenvalue weighted by Gasteiger charge is 2.16. The molecule has 0 spiro atoms. The van der Waals surface area contributed by atoms with E-state index in [9.17, 15) is 10.1 Å². The van der Waals surface area contributed by atoms with Gasteiger partial charge >= 0.3 is 5.88 Å². The maximum atomic E-state index is 10.4. The van der Waals surface area contributed by atoms with Crippen LogP contribution in [0.25, 0.3) is 10.8 Å². The van der Waals surface area contributed by atoms with Crippen LogP contribution in [0.4, 0.5) is 5.88 Å². The van der Waals surface area contributed by atoms with Crippen LogP contribution in [-0.4, -0.2) is 20.9 Å². The molecular formula is C8H7N3O3S2. The predicted octanol–water partition coefficient (Wildman–Crippen LogP) is 2.82. The molecule has 0 atom stereocenters.